The van der Waals surface area contributed by atoms with E-state index < -0.39 is 28.1 Å². The van der Waals surface area contributed by atoms with Gasteiger partial charge in [0.25, 0.3) is 5.91 Å². The number of carbonyl (C=O) groups is 2. The molecule has 1 aliphatic rings. The standard InChI is InChI=1S/C24H24N4O6S/c1-3-20-23(17-6-10-19(11-7-17)35(2,31)32)27-28(22(14-29)34-20)13-16-4-8-18(9-5-16)26-24(30)21-12-25-15-33-21/h4-12,14-15,20,22H,3,13H2,1-2H3,(H,26,30)/t20-,22?/m1/s1. The third-order valence-electron chi connectivity index (χ3n) is 5.42. The Morgan fingerprint density at radius 3 is 2.43 bits per heavy atom. The van der Waals surface area contributed by atoms with Crippen molar-refractivity contribution in [3.05, 3.63) is 78.0 Å². The normalized spacial score (nSPS) is 18.1. The molecule has 2 aromatic carbocycles. The van der Waals surface area contributed by atoms with Gasteiger partial charge in [-0.15, -0.1) is 0 Å². The fourth-order valence-electron chi connectivity index (χ4n) is 3.60. The van der Waals surface area contributed by atoms with Crippen molar-refractivity contribution in [1.29, 1.82) is 0 Å². The quantitative estimate of drug-likeness (QED) is 0.471. The zero-order valence-corrected chi connectivity index (χ0v) is 19.9. The van der Waals surface area contributed by atoms with Crippen molar-refractivity contribution in [1.82, 2.24) is 9.99 Å². The van der Waals surface area contributed by atoms with Crippen LogP contribution in [0.25, 0.3) is 0 Å². The summed E-state index contributed by atoms with van der Waals surface area (Å²) in [5.41, 5.74) is 2.73. The van der Waals surface area contributed by atoms with Crippen LogP contribution in [-0.2, 0) is 25.9 Å². The molecule has 1 amide bonds. The third-order valence-corrected chi connectivity index (χ3v) is 6.55. The van der Waals surface area contributed by atoms with Crippen LogP contribution in [0.4, 0.5) is 5.69 Å². The molecule has 0 fully saturated rings. The molecule has 2 heterocycles. The molecule has 11 heteroatoms. The van der Waals surface area contributed by atoms with Crippen LogP contribution in [0.15, 0.2) is 75.5 Å². The van der Waals surface area contributed by atoms with E-state index in [9.17, 15) is 18.0 Å². The molecule has 0 radical (unpaired) electrons. The molecule has 0 saturated heterocycles. The van der Waals surface area contributed by atoms with Crippen LogP contribution >= 0.6 is 0 Å². The molecule has 0 aliphatic carbocycles. The minimum atomic E-state index is -3.32. The van der Waals surface area contributed by atoms with Crippen molar-refractivity contribution in [3.8, 4) is 0 Å². The summed E-state index contributed by atoms with van der Waals surface area (Å²) in [5, 5.41) is 8.96. The molecule has 3 aromatic rings. The van der Waals surface area contributed by atoms with Crippen LogP contribution in [0.5, 0.6) is 0 Å². The van der Waals surface area contributed by atoms with Gasteiger partial charge in [0.1, 0.15) is 6.10 Å². The Bertz CT molecular complexity index is 1320. The maximum atomic E-state index is 12.1. The van der Waals surface area contributed by atoms with E-state index in [2.05, 4.69) is 10.3 Å². The second-order valence-electron chi connectivity index (χ2n) is 7.96. The largest absolute Gasteiger partial charge is 0.438 e. The summed E-state index contributed by atoms with van der Waals surface area (Å²) in [5.74, 6) is -0.312. The van der Waals surface area contributed by atoms with Crippen molar-refractivity contribution in [3.63, 3.8) is 0 Å². The number of nitrogens with zero attached hydrogens (tertiary/aromatic N) is 3. The van der Waals surface area contributed by atoms with Crippen LogP contribution in [0, 0.1) is 0 Å². The lowest BCUT2D eigenvalue weighted by Crippen LogP contribution is -2.45. The number of sulfone groups is 1. The summed E-state index contributed by atoms with van der Waals surface area (Å²) in [6.45, 7) is 2.20. The monoisotopic (exact) mass is 496 g/mol. The molecule has 1 N–H and O–H groups in total. The van der Waals surface area contributed by atoms with E-state index in [0.717, 1.165) is 11.8 Å². The highest BCUT2D eigenvalue weighted by molar-refractivity contribution is 7.90. The van der Waals surface area contributed by atoms with Gasteiger partial charge in [-0.1, -0.05) is 31.2 Å². The number of amides is 1. The number of benzene rings is 2. The van der Waals surface area contributed by atoms with Gasteiger partial charge in [0.2, 0.25) is 12.0 Å². The molecule has 1 unspecified atom stereocenters. The number of carbonyl (C=O) groups excluding carboxylic acids is 2. The number of nitrogens with one attached hydrogen (secondary N) is 1. The minimum Gasteiger partial charge on any atom is -0.438 e. The highest BCUT2D eigenvalue weighted by Gasteiger charge is 2.31. The Hall–Kier alpha value is -3.83. The molecule has 1 aliphatic heterocycles. The summed E-state index contributed by atoms with van der Waals surface area (Å²) in [4.78, 5) is 27.8. The molecule has 182 valence electrons. The van der Waals surface area contributed by atoms with E-state index in [0.29, 0.717) is 29.7 Å². The highest BCUT2D eigenvalue weighted by atomic mass is 32.2. The van der Waals surface area contributed by atoms with Crippen LogP contribution in [0.2, 0.25) is 0 Å². The Kier molecular flexibility index (Phi) is 7.08. The SMILES string of the molecule is CC[C@H]1OC(C=O)N(Cc2ccc(NC(=O)c3cnco3)cc2)N=C1c1ccc(S(C)(=O)=O)cc1. The Balaban J connectivity index is 1.54. The molecule has 35 heavy (non-hydrogen) atoms. The number of hydrazone groups is 1. The first-order valence-corrected chi connectivity index (χ1v) is 12.7. The lowest BCUT2D eigenvalue weighted by Gasteiger charge is -2.35. The predicted molar refractivity (Wildman–Crippen MR) is 128 cm³/mol. The maximum absolute atomic E-state index is 12.1. The second kappa shape index (κ2) is 10.2. The van der Waals surface area contributed by atoms with Crippen LogP contribution in [0.1, 0.15) is 35.0 Å². The van der Waals surface area contributed by atoms with Crippen LogP contribution < -0.4 is 5.32 Å². The van der Waals surface area contributed by atoms with E-state index in [-0.39, 0.29) is 17.2 Å². The summed E-state index contributed by atoms with van der Waals surface area (Å²) < 4.78 is 34.5. The lowest BCUT2D eigenvalue weighted by molar-refractivity contribution is -0.139. The molecule has 4 rings (SSSR count). The summed E-state index contributed by atoms with van der Waals surface area (Å²) in [6, 6.07) is 13.5. The van der Waals surface area contributed by atoms with Gasteiger partial charge in [-0.25, -0.2) is 13.4 Å². The van der Waals surface area contributed by atoms with Crippen molar-refractivity contribution in [2.45, 2.75) is 37.1 Å². The third kappa shape index (κ3) is 5.64. The van der Waals surface area contributed by atoms with Gasteiger partial charge in [-0.05, 0) is 36.2 Å². The fraction of sp³-hybridized carbons (Fsp3) is 0.250. The number of hydrogen-bond acceptors (Lipinski definition) is 9. The lowest BCUT2D eigenvalue weighted by atomic mass is 10.0. The Labute approximate surface area is 202 Å². The van der Waals surface area contributed by atoms with Gasteiger partial charge < -0.3 is 14.5 Å². The number of hydrogen-bond donors (Lipinski definition) is 1. The number of ether oxygens (including phenoxy) is 1. The van der Waals surface area contributed by atoms with Gasteiger partial charge in [-0.3, -0.25) is 14.6 Å². The van der Waals surface area contributed by atoms with Crippen molar-refractivity contribution >= 4 is 33.4 Å². The average Bonchev–Trinajstić information content (AvgIpc) is 3.40. The number of aromatic nitrogens is 1. The molecule has 1 aromatic heterocycles. The first kappa shape index (κ1) is 24.3. The molecule has 0 spiro atoms. The maximum Gasteiger partial charge on any atom is 0.293 e. The number of anilines is 1. The smallest absolute Gasteiger partial charge is 0.293 e. The van der Waals surface area contributed by atoms with E-state index in [1.165, 1.54) is 24.7 Å². The van der Waals surface area contributed by atoms with Gasteiger partial charge in [0.15, 0.2) is 22.5 Å². The van der Waals surface area contributed by atoms with Crippen molar-refractivity contribution in [2.75, 3.05) is 11.6 Å². The van der Waals surface area contributed by atoms with Gasteiger partial charge in [-0.2, -0.15) is 5.10 Å². The van der Waals surface area contributed by atoms with Gasteiger partial charge in [0.05, 0.1) is 23.3 Å². The zero-order valence-electron chi connectivity index (χ0n) is 19.1. The number of oxazole rings is 1. The fourth-order valence-corrected chi connectivity index (χ4v) is 4.23. The summed E-state index contributed by atoms with van der Waals surface area (Å²) in [7, 11) is -3.32. The van der Waals surface area contributed by atoms with Crippen molar-refractivity contribution < 1.29 is 27.2 Å². The average molecular weight is 497 g/mol. The molecule has 2 atom stereocenters. The van der Waals surface area contributed by atoms with Crippen LogP contribution in [-0.4, -0.2) is 54.9 Å². The molecule has 0 bridgehead atoms. The highest BCUT2D eigenvalue weighted by Crippen LogP contribution is 2.24. The second-order valence-corrected chi connectivity index (χ2v) is 9.97. The van der Waals surface area contributed by atoms with E-state index in [1.807, 2.05) is 6.92 Å². The minimum absolute atomic E-state index is 0.102. The predicted octanol–water partition coefficient (Wildman–Crippen LogP) is 2.87. The summed E-state index contributed by atoms with van der Waals surface area (Å²) in [6.07, 6.45) is 3.66. The molecular formula is C24H24N4O6S. The molecular weight excluding hydrogens is 472 g/mol. The zero-order chi connectivity index (χ0) is 25.0. The van der Waals surface area contributed by atoms with Gasteiger partial charge in [0, 0.05) is 17.5 Å². The molecule has 10 nitrogen and oxygen atoms in total. The van der Waals surface area contributed by atoms with E-state index >= 15 is 0 Å². The Morgan fingerprint density at radius 1 is 1.14 bits per heavy atom. The number of rotatable bonds is 8. The van der Waals surface area contributed by atoms with Crippen LogP contribution in [0.3, 0.4) is 0 Å². The van der Waals surface area contributed by atoms with E-state index in [4.69, 9.17) is 14.3 Å². The number of aldehydes is 1. The Morgan fingerprint density at radius 2 is 1.86 bits per heavy atom. The van der Waals surface area contributed by atoms with Gasteiger partial charge >= 0.3 is 0 Å². The first-order chi connectivity index (χ1) is 16.8. The first-order valence-electron chi connectivity index (χ1n) is 10.8. The van der Waals surface area contributed by atoms with Crippen molar-refractivity contribution in [2.24, 2.45) is 5.10 Å². The van der Waals surface area contributed by atoms with E-state index in [1.54, 1.807) is 41.4 Å². The topological polar surface area (TPSA) is 131 Å². The molecule has 0 saturated carbocycles. The summed E-state index contributed by atoms with van der Waals surface area (Å²) >= 11 is 0.